The number of carbonyl (C=O) groups is 3. The second-order valence-corrected chi connectivity index (χ2v) is 7.31. The lowest BCUT2D eigenvalue weighted by Gasteiger charge is -2.23. The molecule has 148 valence electrons. The Labute approximate surface area is 168 Å². The number of hydrogen-bond acceptors (Lipinski definition) is 3. The summed E-state index contributed by atoms with van der Waals surface area (Å²) in [6.45, 7) is 3.93. The Bertz CT molecular complexity index is 699. The summed E-state index contributed by atoms with van der Waals surface area (Å²) in [6.07, 6.45) is 2.88. The van der Waals surface area contributed by atoms with Crippen molar-refractivity contribution in [3.63, 3.8) is 0 Å². The van der Waals surface area contributed by atoms with Gasteiger partial charge in [0.2, 0.25) is 0 Å². The van der Waals surface area contributed by atoms with Crippen LogP contribution in [0, 0.1) is 0 Å². The van der Waals surface area contributed by atoms with Gasteiger partial charge in [0, 0.05) is 25.7 Å². The van der Waals surface area contributed by atoms with Gasteiger partial charge in [-0.05, 0) is 24.0 Å². The fourth-order valence-corrected chi connectivity index (χ4v) is 3.60. The van der Waals surface area contributed by atoms with Gasteiger partial charge in [-0.15, -0.1) is 0 Å². The smallest absolute Gasteiger partial charge is 0.148 e. The fourth-order valence-electron chi connectivity index (χ4n) is 3.60. The topological polar surface area (TPSA) is 51.2 Å². The third kappa shape index (κ3) is 6.26. The van der Waals surface area contributed by atoms with Gasteiger partial charge in [-0.25, -0.2) is 0 Å². The maximum absolute atomic E-state index is 13.6. The molecule has 0 radical (unpaired) electrons. The van der Waals surface area contributed by atoms with Crippen molar-refractivity contribution in [2.24, 2.45) is 0 Å². The molecule has 3 heteroatoms. The van der Waals surface area contributed by atoms with E-state index < -0.39 is 11.8 Å². The summed E-state index contributed by atoms with van der Waals surface area (Å²) >= 11 is 0. The molecule has 2 atom stereocenters. The maximum Gasteiger partial charge on any atom is 0.148 e. The average molecular weight is 379 g/mol. The molecule has 0 heterocycles. The minimum absolute atomic E-state index is 0.0358. The van der Waals surface area contributed by atoms with Crippen LogP contribution in [0.4, 0.5) is 0 Å². The van der Waals surface area contributed by atoms with Gasteiger partial charge in [0.05, 0.1) is 11.8 Å². The van der Waals surface area contributed by atoms with E-state index in [1.807, 2.05) is 74.5 Å². The molecule has 0 aliphatic rings. The Morgan fingerprint density at radius 1 is 0.643 bits per heavy atom. The second kappa shape index (κ2) is 11.3. The zero-order valence-corrected chi connectivity index (χ0v) is 16.9. The van der Waals surface area contributed by atoms with Crippen molar-refractivity contribution in [3.05, 3.63) is 71.8 Å². The summed E-state index contributed by atoms with van der Waals surface area (Å²) in [6, 6.07) is 19.0. The third-order valence-electron chi connectivity index (χ3n) is 5.01. The Balaban J connectivity index is 2.37. The molecule has 2 unspecified atom stereocenters. The number of ketones is 3. The summed E-state index contributed by atoms with van der Waals surface area (Å²) in [5, 5.41) is 0. The predicted octanol–water partition coefficient (Wildman–Crippen LogP) is 5.64. The van der Waals surface area contributed by atoms with Gasteiger partial charge in [-0.2, -0.15) is 0 Å². The van der Waals surface area contributed by atoms with Gasteiger partial charge in [0.1, 0.15) is 17.3 Å². The van der Waals surface area contributed by atoms with E-state index in [1.165, 1.54) is 0 Å². The Kier molecular flexibility index (Phi) is 8.80. The molecule has 0 N–H and O–H groups in total. The van der Waals surface area contributed by atoms with Crippen LogP contribution in [-0.4, -0.2) is 17.3 Å². The average Bonchev–Trinajstić information content (AvgIpc) is 2.71. The van der Waals surface area contributed by atoms with Crippen molar-refractivity contribution in [1.29, 1.82) is 0 Å². The van der Waals surface area contributed by atoms with E-state index >= 15 is 0 Å². The molecule has 0 spiro atoms. The van der Waals surface area contributed by atoms with Crippen LogP contribution in [0.25, 0.3) is 0 Å². The van der Waals surface area contributed by atoms with Crippen LogP contribution in [-0.2, 0) is 14.4 Å². The number of benzene rings is 2. The molecule has 2 aromatic rings. The van der Waals surface area contributed by atoms with Crippen LogP contribution in [0.1, 0.15) is 75.3 Å². The van der Waals surface area contributed by atoms with Crippen molar-refractivity contribution in [2.75, 3.05) is 0 Å². The van der Waals surface area contributed by atoms with E-state index in [0.29, 0.717) is 12.8 Å². The van der Waals surface area contributed by atoms with E-state index in [2.05, 4.69) is 0 Å². The molecule has 2 rings (SSSR count). The zero-order valence-electron chi connectivity index (χ0n) is 16.9. The quantitative estimate of drug-likeness (QED) is 0.480. The van der Waals surface area contributed by atoms with Crippen LogP contribution >= 0.6 is 0 Å². The van der Waals surface area contributed by atoms with Gasteiger partial charge in [-0.3, -0.25) is 14.4 Å². The van der Waals surface area contributed by atoms with Crippen molar-refractivity contribution in [2.45, 2.75) is 64.2 Å². The van der Waals surface area contributed by atoms with Crippen LogP contribution in [0.3, 0.4) is 0 Å². The second-order valence-electron chi connectivity index (χ2n) is 7.31. The van der Waals surface area contributed by atoms with E-state index in [9.17, 15) is 14.4 Å². The number of hydrogen-bond donors (Lipinski definition) is 0. The fraction of sp³-hybridized carbons (Fsp3) is 0.400. The maximum atomic E-state index is 13.6. The molecule has 2 aromatic carbocycles. The lowest BCUT2D eigenvalue weighted by Crippen LogP contribution is -2.25. The number of rotatable bonds is 12. The first-order chi connectivity index (χ1) is 13.6. The molecular weight excluding hydrogens is 348 g/mol. The SMILES string of the molecule is CCCC(=O)CC(C(=O)C(CC(=O)CCC)c1ccccc1)c1ccccc1. The third-order valence-corrected chi connectivity index (χ3v) is 5.01. The summed E-state index contributed by atoms with van der Waals surface area (Å²) in [5.74, 6) is -0.876. The van der Waals surface area contributed by atoms with Crippen molar-refractivity contribution in [1.82, 2.24) is 0 Å². The lowest BCUT2D eigenvalue weighted by atomic mass is 9.78. The van der Waals surface area contributed by atoms with Crippen molar-refractivity contribution >= 4 is 17.3 Å². The largest absolute Gasteiger partial charge is 0.300 e. The summed E-state index contributed by atoms with van der Waals surface area (Å²) in [5.41, 5.74) is 1.70. The lowest BCUT2D eigenvalue weighted by molar-refractivity contribution is -0.128. The first kappa shape index (κ1) is 21.7. The van der Waals surface area contributed by atoms with E-state index in [1.54, 1.807) is 0 Å². The highest BCUT2D eigenvalue weighted by Gasteiger charge is 2.32. The standard InChI is InChI=1S/C25H30O3/c1-3-11-21(26)17-23(19-13-7-5-8-14-19)25(28)24(18-22(27)12-4-2)20-15-9-6-10-16-20/h5-10,13-16,23-24H,3-4,11-12,17-18H2,1-2H3. The van der Waals surface area contributed by atoms with Gasteiger partial charge in [0.15, 0.2) is 0 Å². The van der Waals surface area contributed by atoms with Crippen LogP contribution < -0.4 is 0 Å². The molecule has 0 aromatic heterocycles. The normalized spacial score (nSPS) is 12.9. The highest BCUT2D eigenvalue weighted by atomic mass is 16.1. The van der Waals surface area contributed by atoms with Gasteiger partial charge in [-0.1, -0.05) is 74.5 Å². The molecule has 0 saturated heterocycles. The summed E-state index contributed by atoms with van der Waals surface area (Å²) in [7, 11) is 0. The zero-order chi connectivity index (χ0) is 20.4. The van der Waals surface area contributed by atoms with E-state index in [4.69, 9.17) is 0 Å². The van der Waals surface area contributed by atoms with Crippen molar-refractivity contribution < 1.29 is 14.4 Å². The van der Waals surface area contributed by atoms with Crippen molar-refractivity contribution in [3.8, 4) is 0 Å². The molecule has 0 bridgehead atoms. The molecule has 0 saturated carbocycles. The molecule has 0 fully saturated rings. The highest BCUT2D eigenvalue weighted by molar-refractivity contribution is 5.98. The number of Topliss-reactive ketones (excluding diaryl/α,β-unsaturated/α-hetero) is 3. The Morgan fingerprint density at radius 2 is 1.00 bits per heavy atom. The first-order valence-electron chi connectivity index (χ1n) is 10.2. The predicted molar refractivity (Wildman–Crippen MR) is 112 cm³/mol. The van der Waals surface area contributed by atoms with Crippen LogP contribution in [0.15, 0.2) is 60.7 Å². The molecule has 0 aliphatic heterocycles. The van der Waals surface area contributed by atoms with E-state index in [-0.39, 0.29) is 30.2 Å². The molecule has 0 amide bonds. The van der Waals surface area contributed by atoms with Gasteiger partial charge < -0.3 is 0 Å². The van der Waals surface area contributed by atoms with E-state index in [0.717, 1.165) is 24.0 Å². The first-order valence-corrected chi connectivity index (χ1v) is 10.2. The molecule has 0 aliphatic carbocycles. The van der Waals surface area contributed by atoms with Gasteiger partial charge >= 0.3 is 0 Å². The van der Waals surface area contributed by atoms with Gasteiger partial charge in [0.25, 0.3) is 0 Å². The van der Waals surface area contributed by atoms with Crippen LogP contribution in [0.2, 0.25) is 0 Å². The molecular formula is C25H30O3. The Morgan fingerprint density at radius 3 is 1.32 bits per heavy atom. The minimum Gasteiger partial charge on any atom is -0.300 e. The van der Waals surface area contributed by atoms with Crippen LogP contribution in [0.5, 0.6) is 0 Å². The molecule has 28 heavy (non-hydrogen) atoms. The highest BCUT2D eigenvalue weighted by Crippen LogP contribution is 2.32. The summed E-state index contributed by atoms with van der Waals surface area (Å²) < 4.78 is 0. The molecule has 3 nitrogen and oxygen atoms in total. The monoisotopic (exact) mass is 378 g/mol. The Hall–Kier alpha value is -2.55. The minimum atomic E-state index is -0.514. The summed E-state index contributed by atoms with van der Waals surface area (Å²) in [4.78, 5) is 38.4. The number of carbonyl (C=O) groups excluding carboxylic acids is 3.